The van der Waals surface area contributed by atoms with Gasteiger partial charge >= 0.3 is 82.7 Å². The standard InChI is InChI=1S/C7H7O2.3CH3.Pt/c1-9-7(8)6-4-2-3-5-6;;;;/h2-5H,1H3;3*1H3;. The van der Waals surface area contributed by atoms with E-state index in [0.29, 0.717) is 0 Å². The van der Waals surface area contributed by atoms with E-state index >= 15 is 0 Å². The minimum absolute atomic E-state index is 0.110. The predicted molar refractivity (Wildman–Crippen MR) is 50.6 cm³/mol. The molecule has 1 aliphatic rings. The summed E-state index contributed by atoms with van der Waals surface area (Å²) < 4.78 is 4.47. The van der Waals surface area contributed by atoms with Gasteiger partial charge in [-0.3, -0.25) is 0 Å². The van der Waals surface area contributed by atoms with Gasteiger partial charge in [0.05, 0.1) is 0 Å². The summed E-state index contributed by atoms with van der Waals surface area (Å²) in [6.45, 7) is 0. The number of hydrogen-bond donors (Lipinski definition) is 0. The van der Waals surface area contributed by atoms with E-state index in [4.69, 9.17) is 4.74 Å². The molecular weight excluding hydrogens is 347 g/mol. The van der Waals surface area contributed by atoms with Gasteiger partial charge in [0.2, 0.25) is 0 Å². The molecule has 0 fully saturated rings. The van der Waals surface area contributed by atoms with Crippen LogP contribution in [0.15, 0.2) is 24.3 Å². The van der Waals surface area contributed by atoms with E-state index < -0.39 is 19.9 Å². The molecule has 1 aliphatic carbocycles. The third-order valence-electron chi connectivity index (χ3n) is 2.04. The molecule has 0 spiro atoms. The van der Waals surface area contributed by atoms with Crippen LogP contribution in [0.3, 0.4) is 0 Å². The summed E-state index contributed by atoms with van der Waals surface area (Å²) in [6.07, 6.45) is 7.84. The first-order valence-corrected chi connectivity index (χ1v) is 11.7. The molecule has 2 nitrogen and oxygen atoms in total. The fourth-order valence-corrected chi connectivity index (χ4v) is 5.56. The first-order valence-electron chi connectivity index (χ1n) is 3.75. The van der Waals surface area contributed by atoms with E-state index in [2.05, 4.69) is 15.9 Å². The normalized spacial score (nSPS) is 20.3. The van der Waals surface area contributed by atoms with E-state index in [0.717, 1.165) is 0 Å². The molecule has 0 saturated heterocycles. The third kappa shape index (κ3) is 1.64. The molecule has 0 aromatic carbocycles. The molecule has 1 rings (SSSR count). The van der Waals surface area contributed by atoms with Crippen molar-refractivity contribution in [2.24, 2.45) is 0 Å². The Labute approximate surface area is 82.9 Å². The van der Waals surface area contributed by atoms with Crippen molar-refractivity contribution in [2.45, 2.75) is 19.7 Å². The van der Waals surface area contributed by atoms with E-state index in [1.807, 2.05) is 24.3 Å². The molecule has 0 amide bonds. The molecule has 0 unspecified atom stereocenters. The van der Waals surface area contributed by atoms with Gasteiger partial charge in [0.1, 0.15) is 0 Å². The molecule has 0 N–H and O–H groups in total. The molecule has 0 aromatic rings. The van der Waals surface area contributed by atoms with Crippen LogP contribution in [0, 0.1) is 0 Å². The summed E-state index contributed by atoms with van der Waals surface area (Å²) in [7, 11) is 1.46. The quantitative estimate of drug-likeness (QED) is 0.706. The first kappa shape index (κ1) is 10.7. The Morgan fingerprint density at radius 3 is 2.00 bits per heavy atom. The second kappa shape index (κ2) is 3.42. The van der Waals surface area contributed by atoms with Crippen molar-refractivity contribution in [3.8, 4) is 0 Å². The first-order chi connectivity index (χ1) is 5.94. The van der Waals surface area contributed by atoms with Crippen LogP contribution in [0.5, 0.6) is 0 Å². The summed E-state index contributed by atoms with van der Waals surface area (Å²) in [5.41, 5.74) is 0. The Hall–Kier alpha value is -0.362. The van der Waals surface area contributed by atoms with Crippen LogP contribution in [0.4, 0.5) is 0 Å². The van der Waals surface area contributed by atoms with Crippen molar-refractivity contribution in [3.05, 3.63) is 24.3 Å². The van der Waals surface area contributed by atoms with E-state index in [9.17, 15) is 4.79 Å². The zero-order valence-corrected chi connectivity index (χ0v) is 10.7. The zero-order chi connectivity index (χ0) is 10.1. The third-order valence-corrected chi connectivity index (χ3v) is 8.90. The van der Waals surface area contributed by atoms with Gasteiger partial charge in [-0.1, -0.05) is 0 Å². The summed E-state index contributed by atoms with van der Waals surface area (Å²) >= 11 is -2.04. The van der Waals surface area contributed by atoms with E-state index in [1.54, 1.807) is 0 Å². The number of carbonyl (C=O) groups is 1. The summed E-state index contributed by atoms with van der Waals surface area (Å²) in [4.78, 5) is 11.7. The van der Waals surface area contributed by atoms with Crippen molar-refractivity contribution in [1.29, 1.82) is 0 Å². The van der Waals surface area contributed by atoms with Crippen molar-refractivity contribution in [3.63, 3.8) is 0 Å². The van der Waals surface area contributed by atoms with Crippen LogP contribution in [0.25, 0.3) is 0 Å². The SMILES string of the molecule is COC(=O)[C]1([Pt]([CH3])([CH3])[CH3])C=CC=C1. The molecular formula is C10H16O2Pt. The number of rotatable bonds is 2. The van der Waals surface area contributed by atoms with Crippen LogP contribution in [-0.4, -0.2) is 13.1 Å². The second-order valence-corrected chi connectivity index (χ2v) is 15.5. The fraction of sp³-hybridized carbons (Fsp3) is 0.500. The molecule has 78 valence electrons. The van der Waals surface area contributed by atoms with E-state index in [-0.39, 0.29) is 5.97 Å². The molecule has 0 radical (unpaired) electrons. The molecule has 13 heavy (non-hydrogen) atoms. The van der Waals surface area contributed by atoms with Crippen LogP contribution in [0.1, 0.15) is 0 Å². The summed E-state index contributed by atoms with van der Waals surface area (Å²) in [5, 5.41) is 6.64. The van der Waals surface area contributed by atoms with Crippen LogP contribution in [0.2, 0.25) is 19.7 Å². The number of hydrogen-bond acceptors (Lipinski definition) is 2. The average molecular weight is 363 g/mol. The molecule has 0 aromatic heterocycles. The van der Waals surface area contributed by atoms with Gasteiger partial charge in [0, 0.05) is 0 Å². The Kier molecular flexibility index (Phi) is 2.82. The molecule has 0 saturated carbocycles. The Balaban J connectivity index is 3.11. The van der Waals surface area contributed by atoms with Crippen LogP contribution in [-0.2, 0) is 25.6 Å². The Morgan fingerprint density at radius 2 is 1.69 bits per heavy atom. The number of methoxy groups -OCH3 is 1. The minimum atomic E-state index is -2.04. The number of ether oxygens (including phenoxy) is 1. The molecule has 0 bridgehead atoms. The number of esters is 1. The van der Waals surface area contributed by atoms with Crippen molar-refractivity contribution >= 4 is 5.97 Å². The van der Waals surface area contributed by atoms with Gasteiger partial charge in [-0.2, -0.15) is 0 Å². The summed E-state index contributed by atoms with van der Waals surface area (Å²) in [6, 6.07) is 0. The average Bonchev–Trinajstić information content (AvgIpc) is 2.50. The van der Waals surface area contributed by atoms with Crippen molar-refractivity contribution < 1.29 is 25.6 Å². The topological polar surface area (TPSA) is 26.3 Å². The maximum atomic E-state index is 11.7. The van der Waals surface area contributed by atoms with Gasteiger partial charge in [0.25, 0.3) is 0 Å². The van der Waals surface area contributed by atoms with Gasteiger partial charge in [-0.15, -0.1) is 0 Å². The number of allylic oxidation sites excluding steroid dienone is 2. The van der Waals surface area contributed by atoms with Gasteiger partial charge in [-0.25, -0.2) is 0 Å². The second-order valence-electron chi connectivity index (χ2n) is 3.35. The van der Waals surface area contributed by atoms with E-state index in [1.165, 1.54) is 7.11 Å². The molecule has 0 aliphatic heterocycles. The number of carbonyl (C=O) groups excluding carboxylic acids is 1. The monoisotopic (exact) mass is 363 g/mol. The Bertz CT molecular complexity index is 259. The van der Waals surface area contributed by atoms with Crippen LogP contribution < -0.4 is 0 Å². The van der Waals surface area contributed by atoms with Gasteiger partial charge in [-0.05, 0) is 0 Å². The molecule has 0 atom stereocenters. The zero-order valence-electron chi connectivity index (χ0n) is 8.44. The van der Waals surface area contributed by atoms with Crippen LogP contribution >= 0.6 is 0 Å². The van der Waals surface area contributed by atoms with Gasteiger partial charge < -0.3 is 0 Å². The van der Waals surface area contributed by atoms with Crippen molar-refractivity contribution in [2.75, 3.05) is 7.11 Å². The van der Waals surface area contributed by atoms with Crippen molar-refractivity contribution in [1.82, 2.24) is 0 Å². The maximum absolute atomic E-state index is 11.7. The molecule has 3 heteroatoms. The molecule has 0 heterocycles. The predicted octanol–water partition coefficient (Wildman–Crippen LogP) is 2.74. The van der Waals surface area contributed by atoms with Gasteiger partial charge in [0.15, 0.2) is 0 Å². The Morgan fingerprint density at radius 1 is 1.23 bits per heavy atom. The fourth-order valence-electron chi connectivity index (χ4n) is 1.23. The summed E-state index contributed by atoms with van der Waals surface area (Å²) in [5.74, 6) is -0.110.